The molecule has 1 fully saturated rings. The third-order valence-electron chi connectivity index (χ3n) is 6.00. The van der Waals surface area contributed by atoms with Crippen molar-refractivity contribution in [2.45, 2.75) is 43.8 Å². The van der Waals surface area contributed by atoms with E-state index >= 15 is 0 Å². The minimum atomic E-state index is -0.237. The summed E-state index contributed by atoms with van der Waals surface area (Å²) in [6.07, 6.45) is 4.59. The van der Waals surface area contributed by atoms with Gasteiger partial charge < -0.3 is 23.7 Å². The Bertz CT molecular complexity index is 847. The van der Waals surface area contributed by atoms with Crippen LogP contribution in [0.15, 0.2) is 30.3 Å². The molecule has 0 saturated heterocycles. The van der Waals surface area contributed by atoms with Crippen molar-refractivity contribution in [3.63, 3.8) is 0 Å². The fourth-order valence-corrected chi connectivity index (χ4v) is 4.68. The SMILES string of the molecule is COc1cc2c(cc1OC)[C@H]1CCCC[C@@H]1O[C@H]2c1cccc(OC)c1OC. The third kappa shape index (κ3) is 3.08. The lowest BCUT2D eigenvalue weighted by molar-refractivity contribution is -0.0399. The summed E-state index contributed by atoms with van der Waals surface area (Å²) < 4.78 is 29.1. The van der Waals surface area contributed by atoms with Gasteiger partial charge in [0, 0.05) is 11.5 Å². The van der Waals surface area contributed by atoms with Gasteiger partial charge in [0.15, 0.2) is 23.0 Å². The van der Waals surface area contributed by atoms with Crippen LogP contribution in [0.2, 0.25) is 0 Å². The maximum atomic E-state index is 6.69. The second kappa shape index (κ2) is 7.92. The summed E-state index contributed by atoms with van der Waals surface area (Å²) in [6, 6.07) is 10.1. The van der Waals surface area contributed by atoms with Gasteiger partial charge >= 0.3 is 0 Å². The Morgan fingerprint density at radius 2 is 1.43 bits per heavy atom. The number of para-hydroxylation sites is 1. The van der Waals surface area contributed by atoms with Gasteiger partial charge in [0.2, 0.25) is 0 Å². The number of benzene rings is 2. The predicted molar refractivity (Wildman–Crippen MR) is 107 cm³/mol. The first kappa shape index (κ1) is 18.9. The highest BCUT2D eigenvalue weighted by atomic mass is 16.5. The molecule has 0 spiro atoms. The Morgan fingerprint density at radius 3 is 2.11 bits per heavy atom. The Kier molecular flexibility index (Phi) is 5.36. The molecule has 0 unspecified atom stereocenters. The van der Waals surface area contributed by atoms with Gasteiger partial charge in [-0.3, -0.25) is 0 Å². The summed E-state index contributed by atoms with van der Waals surface area (Å²) in [5.74, 6) is 3.28. The van der Waals surface area contributed by atoms with Crippen LogP contribution < -0.4 is 18.9 Å². The Morgan fingerprint density at radius 1 is 0.750 bits per heavy atom. The lowest BCUT2D eigenvalue weighted by Gasteiger charge is -2.42. The van der Waals surface area contributed by atoms with Crippen LogP contribution in [0.1, 0.15) is 54.4 Å². The minimum Gasteiger partial charge on any atom is -0.493 e. The predicted octanol–water partition coefficient (Wildman–Crippen LogP) is 4.87. The van der Waals surface area contributed by atoms with Crippen molar-refractivity contribution in [3.05, 3.63) is 47.0 Å². The fourth-order valence-electron chi connectivity index (χ4n) is 4.68. The van der Waals surface area contributed by atoms with Crippen molar-refractivity contribution in [2.75, 3.05) is 28.4 Å². The molecule has 4 rings (SSSR count). The van der Waals surface area contributed by atoms with Crippen molar-refractivity contribution < 1.29 is 23.7 Å². The first-order valence-corrected chi connectivity index (χ1v) is 9.84. The van der Waals surface area contributed by atoms with Gasteiger partial charge in [-0.15, -0.1) is 0 Å². The lowest BCUT2D eigenvalue weighted by Crippen LogP contribution is -2.34. The summed E-state index contributed by atoms with van der Waals surface area (Å²) in [5, 5.41) is 0. The van der Waals surface area contributed by atoms with Crippen molar-refractivity contribution in [1.29, 1.82) is 0 Å². The molecule has 28 heavy (non-hydrogen) atoms. The number of hydrogen-bond donors (Lipinski definition) is 0. The zero-order valence-corrected chi connectivity index (χ0v) is 17.0. The second-order valence-electron chi connectivity index (χ2n) is 7.36. The molecule has 5 heteroatoms. The Hall–Kier alpha value is -2.40. The van der Waals surface area contributed by atoms with E-state index in [1.807, 2.05) is 12.1 Å². The van der Waals surface area contributed by atoms with Crippen LogP contribution in [0.3, 0.4) is 0 Å². The summed E-state index contributed by atoms with van der Waals surface area (Å²) >= 11 is 0. The Balaban J connectivity index is 1.90. The van der Waals surface area contributed by atoms with Gasteiger partial charge in [-0.2, -0.15) is 0 Å². The first-order valence-electron chi connectivity index (χ1n) is 9.84. The van der Waals surface area contributed by atoms with Gasteiger partial charge in [0.1, 0.15) is 6.10 Å². The molecule has 2 aromatic carbocycles. The van der Waals surface area contributed by atoms with E-state index in [9.17, 15) is 0 Å². The lowest BCUT2D eigenvalue weighted by atomic mass is 9.75. The van der Waals surface area contributed by atoms with Crippen LogP contribution in [0.4, 0.5) is 0 Å². The molecule has 0 aromatic heterocycles. The molecular weight excluding hydrogens is 356 g/mol. The zero-order valence-electron chi connectivity index (χ0n) is 17.0. The largest absolute Gasteiger partial charge is 0.493 e. The molecule has 0 radical (unpaired) electrons. The van der Waals surface area contributed by atoms with Gasteiger partial charge in [-0.1, -0.05) is 25.0 Å². The minimum absolute atomic E-state index is 0.195. The van der Waals surface area contributed by atoms with Crippen LogP contribution in [0.5, 0.6) is 23.0 Å². The molecule has 150 valence electrons. The summed E-state index contributed by atoms with van der Waals surface area (Å²) in [6.45, 7) is 0. The molecule has 2 aromatic rings. The number of methoxy groups -OCH3 is 4. The molecular formula is C23H28O5. The number of fused-ring (bicyclic) bond motifs is 3. The van der Waals surface area contributed by atoms with Crippen LogP contribution in [-0.4, -0.2) is 34.5 Å². The van der Waals surface area contributed by atoms with E-state index in [0.717, 1.165) is 29.7 Å². The molecule has 1 saturated carbocycles. The molecule has 1 heterocycles. The fraction of sp³-hybridized carbons (Fsp3) is 0.478. The maximum absolute atomic E-state index is 6.69. The molecule has 2 aliphatic rings. The monoisotopic (exact) mass is 384 g/mol. The number of rotatable bonds is 5. The average molecular weight is 384 g/mol. The highest BCUT2D eigenvalue weighted by molar-refractivity contribution is 5.56. The van der Waals surface area contributed by atoms with E-state index in [1.54, 1.807) is 28.4 Å². The summed E-state index contributed by atoms with van der Waals surface area (Å²) in [4.78, 5) is 0. The second-order valence-corrected chi connectivity index (χ2v) is 7.36. The Labute approximate surface area is 166 Å². The van der Waals surface area contributed by atoms with Gasteiger partial charge in [0.05, 0.1) is 34.5 Å². The molecule has 1 aliphatic carbocycles. The molecule has 0 bridgehead atoms. The summed E-state index contributed by atoms with van der Waals surface area (Å²) in [7, 11) is 6.68. The van der Waals surface area contributed by atoms with Crippen LogP contribution >= 0.6 is 0 Å². The molecule has 0 N–H and O–H groups in total. The molecule has 3 atom stereocenters. The molecule has 5 nitrogen and oxygen atoms in total. The van der Waals surface area contributed by atoms with Crippen molar-refractivity contribution in [1.82, 2.24) is 0 Å². The number of ether oxygens (including phenoxy) is 5. The van der Waals surface area contributed by atoms with Crippen LogP contribution in [-0.2, 0) is 4.74 Å². The number of hydrogen-bond acceptors (Lipinski definition) is 5. The van der Waals surface area contributed by atoms with E-state index in [4.69, 9.17) is 23.7 Å². The highest BCUT2D eigenvalue weighted by Crippen LogP contribution is 2.51. The van der Waals surface area contributed by atoms with E-state index in [-0.39, 0.29) is 12.2 Å². The van der Waals surface area contributed by atoms with Crippen LogP contribution in [0, 0.1) is 0 Å². The van der Waals surface area contributed by atoms with Gasteiger partial charge in [-0.25, -0.2) is 0 Å². The van der Waals surface area contributed by atoms with E-state index in [0.29, 0.717) is 23.2 Å². The van der Waals surface area contributed by atoms with E-state index < -0.39 is 0 Å². The van der Waals surface area contributed by atoms with Crippen molar-refractivity contribution in [3.8, 4) is 23.0 Å². The van der Waals surface area contributed by atoms with E-state index in [1.165, 1.54) is 18.4 Å². The quantitative estimate of drug-likeness (QED) is 0.736. The van der Waals surface area contributed by atoms with Crippen LogP contribution in [0.25, 0.3) is 0 Å². The highest BCUT2D eigenvalue weighted by Gasteiger charge is 2.40. The van der Waals surface area contributed by atoms with Crippen molar-refractivity contribution in [2.24, 2.45) is 0 Å². The van der Waals surface area contributed by atoms with E-state index in [2.05, 4.69) is 18.2 Å². The zero-order chi connectivity index (χ0) is 19.7. The molecule has 0 amide bonds. The average Bonchev–Trinajstić information content (AvgIpc) is 2.76. The third-order valence-corrected chi connectivity index (χ3v) is 6.00. The summed E-state index contributed by atoms with van der Waals surface area (Å²) in [5.41, 5.74) is 3.38. The van der Waals surface area contributed by atoms with Crippen molar-refractivity contribution >= 4 is 0 Å². The maximum Gasteiger partial charge on any atom is 0.166 e. The molecule has 1 aliphatic heterocycles. The first-order chi connectivity index (χ1) is 13.7. The standard InChI is InChI=1S/C23H28O5/c1-24-19-11-7-9-15(23(19)27-4)22-17-13-21(26-3)20(25-2)12-16(17)14-8-5-6-10-18(14)28-22/h7,9,11-14,18,22H,5-6,8,10H2,1-4H3/t14-,18+,22+/m1/s1. The van der Waals surface area contributed by atoms with Gasteiger partial charge in [-0.05, 0) is 42.2 Å². The topological polar surface area (TPSA) is 46.2 Å². The normalized spacial score (nSPS) is 23.4. The van der Waals surface area contributed by atoms with Gasteiger partial charge in [0.25, 0.3) is 0 Å². The smallest absolute Gasteiger partial charge is 0.166 e.